The Morgan fingerprint density at radius 1 is 1.48 bits per heavy atom. The van der Waals surface area contributed by atoms with Gasteiger partial charge in [-0.2, -0.15) is 0 Å². The van der Waals surface area contributed by atoms with Crippen molar-refractivity contribution in [3.8, 4) is 0 Å². The second-order valence-electron chi connectivity index (χ2n) is 6.47. The molecule has 144 valence electrons. The molecule has 25 heavy (non-hydrogen) atoms. The van der Waals surface area contributed by atoms with Crippen LogP contribution in [0, 0.1) is 5.92 Å². The normalized spacial score (nSPS) is 18.1. The van der Waals surface area contributed by atoms with Gasteiger partial charge in [0.05, 0.1) is 0 Å². The van der Waals surface area contributed by atoms with Crippen molar-refractivity contribution < 1.29 is 4.74 Å². The number of hydrogen-bond donors (Lipinski definition) is 1. The number of aliphatic imine (C=N–C) groups is 1. The van der Waals surface area contributed by atoms with Gasteiger partial charge in [-0.25, -0.2) is 0 Å². The molecular formula is C17H33IN6O. The maximum absolute atomic E-state index is 5.12. The molecule has 2 heterocycles. The van der Waals surface area contributed by atoms with E-state index < -0.39 is 0 Å². The molecule has 1 fully saturated rings. The van der Waals surface area contributed by atoms with Crippen molar-refractivity contribution >= 4 is 29.9 Å². The third kappa shape index (κ3) is 7.47. The van der Waals surface area contributed by atoms with Gasteiger partial charge in [-0.1, -0.05) is 13.8 Å². The summed E-state index contributed by atoms with van der Waals surface area (Å²) in [5.41, 5.74) is 0. The van der Waals surface area contributed by atoms with E-state index >= 15 is 0 Å². The molecule has 0 saturated carbocycles. The molecular weight excluding hydrogens is 431 g/mol. The van der Waals surface area contributed by atoms with Crippen LogP contribution in [0.2, 0.25) is 0 Å². The number of nitrogens with zero attached hydrogens (tertiary/aromatic N) is 5. The molecule has 0 spiro atoms. The summed E-state index contributed by atoms with van der Waals surface area (Å²) in [6.07, 6.45) is 6.22. The minimum atomic E-state index is 0. The maximum atomic E-state index is 5.12. The number of ether oxygens (including phenoxy) is 1. The van der Waals surface area contributed by atoms with Gasteiger partial charge in [0.1, 0.15) is 12.2 Å². The number of halogens is 1. The molecule has 1 unspecified atom stereocenters. The zero-order valence-corrected chi connectivity index (χ0v) is 18.1. The number of piperidine rings is 1. The number of guanidine groups is 1. The fourth-order valence-electron chi connectivity index (χ4n) is 3.07. The van der Waals surface area contributed by atoms with E-state index in [1.807, 2.05) is 0 Å². The van der Waals surface area contributed by atoms with Crippen molar-refractivity contribution in [2.45, 2.75) is 46.1 Å². The number of rotatable bonds is 8. The maximum Gasteiger partial charge on any atom is 0.193 e. The SMILES string of the molecule is CCc1nncn1CCNC(=NCCCOC)N1CCCC(C)C1.I. The van der Waals surface area contributed by atoms with Crippen LogP contribution in [0.15, 0.2) is 11.3 Å². The molecule has 0 radical (unpaired) electrons. The number of likely N-dealkylation sites (tertiary alicyclic amines) is 1. The topological polar surface area (TPSA) is 67.6 Å². The highest BCUT2D eigenvalue weighted by atomic mass is 127. The van der Waals surface area contributed by atoms with E-state index in [1.54, 1.807) is 13.4 Å². The van der Waals surface area contributed by atoms with Crippen LogP contribution in [0.4, 0.5) is 0 Å². The Morgan fingerprint density at radius 3 is 3.04 bits per heavy atom. The van der Waals surface area contributed by atoms with Crippen molar-refractivity contribution in [2.24, 2.45) is 10.9 Å². The largest absolute Gasteiger partial charge is 0.385 e. The zero-order valence-electron chi connectivity index (χ0n) is 15.8. The molecule has 8 heteroatoms. The molecule has 0 aromatic carbocycles. The van der Waals surface area contributed by atoms with Gasteiger partial charge in [0, 0.05) is 52.9 Å². The van der Waals surface area contributed by atoms with Crippen LogP contribution in [0.5, 0.6) is 0 Å². The lowest BCUT2D eigenvalue weighted by atomic mass is 10.0. The Bertz CT molecular complexity index is 507. The van der Waals surface area contributed by atoms with Gasteiger partial charge >= 0.3 is 0 Å². The molecule has 1 aromatic rings. The number of methoxy groups -OCH3 is 1. The van der Waals surface area contributed by atoms with Gasteiger partial charge in [0.2, 0.25) is 0 Å². The standard InChI is InChI=1S/C17H32N6O.HI/c1-4-16-21-20-14-23(16)11-9-19-17(18-8-6-12-24-3)22-10-5-7-15(2)13-22;/h14-15H,4-13H2,1-3H3,(H,18,19);1H. The lowest BCUT2D eigenvalue weighted by Gasteiger charge is -2.33. The number of nitrogens with one attached hydrogen (secondary N) is 1. The minimum absolute atomic E-state index is 0. The van der Waals surface area contributed by atoms with E-state index in [0.717, 1.165) is 69.9 Å². The van der Waals surface area contributed by atoms with Crippen molar-refractivity contribution in [3.05, 3.63) is 12.2 Å². The van der Waals surface area contributed by atoms with Crippen molar-refractivity contribution in [1.29, 1.82) is 0 Å². The summed E-state index contributed by atoms with van der Waals surface area (Å²) in [5.74, 6) is 2.79. The Hall–Kier alpha value is -0.900. The predicted molar refractivity (Wildman–Crippen MR) is 112 cm³/mol. The summed E-state index contributed by atoms with van der Waals surface area (Å²) in [5, 5.41) is 11.7. The average Bonchev–Trinajstić information content (AvgIpc) is 3.04. The molecule has 1 N–H and O–H groups in total. The van der Waals surface area contributed by atoms with Gasteiger partial charge in [0.15, 0.2) is 5.96 Å². The van der Waals surface area contributed by atoms with Crippen LogP contribution in [-0.2, 0) is 17.7 Å². The molecule has 1 aromatic heterocycles. The third-order valence-electron chi connectivity index (χ3n) is 4.37. The van der Waals surface area contributed by atoms with Crippen LogP contribution < -0.4 is 5.32 Å². The summed E-state index contributed by atoms with van der Waals surface area (Å²) in [4.78, 5) is 7.19. The molecule has 0 aliphatic carbocycles. The Balaban J connectivity index is 0.00000312. The van der Waals surface area contributed by atoms with Gasteiger partial charge in [-0.15, -0.1) is 34.2 Å². The molecule has 1 atom stereocenters. The number of hydrogen-bond acceptors (Lipinski definition) is 4. The van der Waals surface area contributed by atoms with E-state index in [1.165, 1.54) is 12.8 Å². The molecule has 1 aliphatic heterocycles. The fraction of sp³-hybridized carbons (Fsp3) is 0.824. The number of aryl methyl sites for hydroxylation is 1. The highest BCUT2D eigenvalue weighted by Crippen LogP contribution is 2.15. The van der Waals surface area contributed by atoms with Crippen molar-refractivity contribution in [1.82, 2.24) is 25.0 Å². The first-order valence-corrected chi connectivity index (χ1v) is 9.13. The summed E-state index contributed by atoms with van der Waals surface area (Å²) < 4.78 is 7.23. The van der Waals surface area contributed by atoms with Crippen LogP contribution in [0.25, 0.3) is 0 Å². The Kier molecular flexibility index (Phi) is 11.0. The summed E-state index contributed by atoms with van der Waals surface area (Å²) in [6.45, 7) is 9.85. The second-order valence-corrected chi connectivity index (χ2v) is 6.47. The first-order chi connectivity index (χ1) is 11.7. The lowest BCUT2D eigenvalue weighted by Crippen LogP contribution is -2.47. The minimum Gasteiger partial charge on any atom is -0.385 e. The van der Waals surface area contributed by atoms with Gasteiger partial charge < -0.3 is 19.5 Å². The zero-order chi connectivity index (χ0) is 17.2. The lowest BCUT2D eigenvalue weighted by molar-refractivity contribution is 0.196. The first kappa shape index (κ1) is 22.1. The molecule has 0 bridgehead atoms. The van der Waals surface area contributed by atoms with E-state index in [9.17, 15) is 0 Å². The smallest absolute Gasteiger partial charge is 0.193 e. The van der Waals surface area contributed by atoms with Crippen LogP contribution in [-0.4, -0.2) is 65.5 Å². The highest BCUT2D eigenvalue weighted by Gasteiger charge is 2.19. The Morgan fingerprint density at radius 2 is 2.32 bits per heavy atom. The predicted octanol–water partition coefficient (Wildman–Crippen LogP) is 2.17. The van der Waals surface area contributed by atoms with Crippen molar-refractivity contribution in [2.75, 3.05) is 39.9 Å². The van der Waals surface area contributed by atoms with Gasteiger partial charge in [0.25, 0.3) is 0 Å². The summed E-state index contributed by atoms with van der Waals surface area (Å²) in [7, 11) is 1.74. The molecule has 1 aliphatic rings. The van der Waals surface area contributed by atoms with Crippen LogP contribution in [0.1, 0.15) is 38.9 Å². The quantitative estimate of drug-likeness (QED) is 0.277. The van der Waals surface area contributed by atoms with Gasteiger partial charge in [-0.3, -0.25) is 4.99 Å². The monoisotopic (exact) mass is 464 g/mol. The number of aromatic nitrogens is 3. The molecule has 0 amide bonds. The van der Waals surface area contributed by atoms with E-state index in [-0.39, 0.29) is 24.0 Å². The second kappa shape index (κ2) is 12.5. The summed E-state index contributed by atoms with van der Waals surface area (Å²) >= 11 is 0. The molecule has 2 rings (SSSR count). The third-order valence-corrected chi connectivity index (χ3v) is 4.37. The fourth-order valence-corrected chi connectivity index (χ4v) is 3.07. The molecule has 1 saturated heterocycles. The van der Waals surface area contributed by atoms with Crippen LogP contribution in [0.3, 0.4) is 0 Å². The highest BCUT2D eigenvalue weighted by molar-refractivity contribution is 14.0. The van der Waals surface area contributed by atoms with Crippen molar-refractivity contribution in [3.63, 3.8) is 0 Å². The van der Waals surface area contributed by atoms with E-state index in [4.69, 9.17) is 9.73 Å². The van der Waals surface area contributed by atoms with E-state index in [0.29, 0.717) is 0 Å². The van der Waals surface area contributed by atoms with E-state index in [2.05, 4.69) is 38.8 Å². The summed E-state index contributed by atoms with van der Waals surface area (Å²) in [6, 6.07) is 0. The Labute approximate surface area is 168 Å². The molecule has 7 nitrogen and oxygen atoms in total. The average molecular weight is 464 g/mol. The first-order valence-electron chi connectivity index (χ1n) is 9.13. The van der Waals surface area contributed by atoms with Crippen LogP contribution >= 0.6 is 24.0 Å². The van der Waals surface area contributed by atoms with Gasteiger partial charge in [-0.05, 0) is 25.2 Å².